The molecule has 0 aliphatic carbocycles. The normalized spacial score (nSPS) is 24.7. The van der Waals surface area contributed by atoms with Crippen molar-refractivity contribution < 1.29 is 108 Å². The Labute approximate surface area is 384 Å². The molecule has 69 heavy (non-hydrogen) atoms. The number of benzene rings is 4. The number of carbonyl (C=O) groups is 2. The maximum Gasteiger partial charge on any atom is 0.317 e. The summed E-state index contributed by atoms with van der Waals surface area (Å²) in [4.78, 5) is 52.0. The molecule has 12 N–H and O–H groups in total. The van der Waals surface area contributed by atoms with Crippen LogP contribution in [0.2, 0.25) is 0 Å². The van der Waals surface area contributed by atoms with Gasteiger partial charge in [0.25, 0.3) is 0 Å². The number of carbonyl (C=O) groups excluding carboxylic acids is 2. The van der Waals surface area contributed by atoms with Crippen LogP contribution in [0.5, 0.6) is 46.0 Å². The number of phenolic OH excluding ortho intramolecular Hbond substituents is 6. The SMILES string of the molecule is O=C(CC(=O)OC[C@H]1O[C@@H](Oc2cc(O)cc3oc(-c4ccc(O)c(O)c4)cc(=O)c23)[C@H](O)[C@@H](O)[C@@H]1O)OC[C@H]1O[C@@H](Oc2cc(O)cc3oc(-c4ccc(O)c(O)c4)cc(=O)c23)[C@H](O)[C@@H](O)[C@@H]1O. The van der Waals surface area contributed by atoms with E-state index >= 15 is 0 Å². The number of aromatic hydroxyl groups is 6. The van der Waals surface area contributed by atoms with Gasteiger partial charge >= 0.3 is 11.9 Å². The van der Waals surface area contributed by atoms with Gasteiger partial charge in [0.15, 0.2) is 33.9 Å². The summed E-state index contributed by atoms with van der Waals surface area (Å²) in [5, 5.41) is 123. The number of fused-ring (bicyclic) bond motifs is 2. The summed E-state index contributed by atoms with van der Waals surface area (Å²) in [6, 6.07) is 13.3. The first-order valence-electron chi connectivity index (χ1n) is 20.5. The topological polar surface area (TPSA) is 393 Å². The Balaban J connectivity index is 0.884. The van der Waals surface area contributed by atoms with Crippen molar-refractivity contribution in [3.05, 3.63) is 93.2 Å². The highest BCUT2D eigenvalue weighted by Crippen LogP contribution is 2.38. The molecule has 4 aromatic carbocycles. The van der Waals surface area contributed by atoms with Crippen molar-refractivity contribution in [1.29, 1.82) is 0 Å². The van der Waals surface area contributed by atoms with Crippen molar-refractivity contribution in [1.82, 2.24) is 0 Å². The van der Waals surface area contributed by atoms with Crippen LogP contribution in [0.25, 0.3) is 44.6 Å². The average Bonchev–Trinajstić information content (AvgIpc) is 3.29. The largest absolute Gasteiger partial charge is 0.508 e. The van der Waals surface area contributed by atoms with E-state index in [1.165, 1.54) is 12.1 Å². The predicted molar refractivity (Wildman–Crippen MR) is 227 cm³/mol. The van der Waals surface area contributed by atoms with Crippen molar-refractivity contribution >= 4 is 33.9 Å². The van der Waals surface area contributed by atoms with E-state index in [0.29, 0.717) is 0 Å². The van der Waals surface area contributed by atoms with Gasteiger partial charge in [0, 0.05) is 47.5 Å². The molecule has 4 heterocycles. The molecular weight excluding hydrogens is 924 g/mol. The molecule has 10 atom stereocenters. The Kier molecular flexibility index (Phi) is 13.3. The lowest BCUT2D eigenvalue weighted by molar-refractivity contribution is -0.279. The van der Waals surface area contributed by atoms with Crippen LogP contribution in [0.15, 0.2) is 91.2 Å². The van der Waals surface area contributed by atoms with E-state index in [1.54, 1.807) is 0 Å². The van der Waals surface area contributed by atoms with Gasteiger partial charge < -0.3 is 98.5 Å². The molecule has 2 aromatic heterocycles. The maximum absolute atomic E-state index is 13.3. The molecular formula is C45H40O24. The first kappa shape index (κ1) is 47.8. The fourth-order valence-electron chi connectivity index (χ4n) is 7.42. The summed E-state index contributed by atoms with van der Waals surface area (Å²) in [6.45, 7) is -1.72. The summed E-state index contributed by atoms with van der Waals surface area (Å²) in [5.41, 5.74) is -1.61. The lowest BCUT2D eigenvalue weighted by Crippen LogP contribution is -2.60. The van der Waals surface area contributed by atoms with Crippen molar-refractivity contribution in [3.8, 4) is 68.6 Å². The van der Waals surface area contributed by atoms with E-state index in [0.717, 1.165) is 60.7 Å². The zero-order valence-electron chi connectivity index (χ0n) is 35.1. The molecule has 6 aromatic rings. The Morgan fingerprint density at radius 3 is 1.25 bits per heavy atom. The van der Waals surface area contributed by atoms with Gasteiger partial charge in [0.2, 0.25) is 12.6 Å². The molecule has 24 nitrogen and oxygen atoms in total. The minimum atomic E-state index is -2.00. The van der Waals surface area contributed by atoms with Crippen LogP contribution in [-0.4, -0.2) is 148 Å². The molecule has 8 rings (SSSR count). The van der Waals surface area contributed by atoms with Crippen LogP contribution >= 0.6 is 0 Å². The van der Waals surface area contributed by atoms with E-state index < -0.39 is 150 Å². The predicted octanol–water partition coefficient (Wildman–Crippen LogP) is 0.0165. The van der Waals surface area contributed by atoms with Gasteiger partial charge in [-0.3, -0.25) is 19.2 Å². The number of esters is 2. The molecule has 0 bridgehead atoms. The number of aliphatic hydroxyl groups excluding tert-OH is 6. The fourth-order valence-corrected chi connectivity index (χ4v) is 7.42. The maximum atomic E-state index is 13.3. The highest BCUT2D eigenvalue weighted by Gasteiger charge is 2.47. The number of phenols is 6. The van der Waals surface area contributed by atoms with Gasteiger partial charge in [-0.1, -0.05) is 0 Å². The van der Waals surface area contributed by atoms with Gasteiger partial charge in [-0.2, -0.15) is 0 Å². The second-order valence-corrected chi connectivity index (χ2v) is 15.8. The summed E-state index contributed by atoms with van der Waals surface area (Å²) >= 11 is 0. The van der Waals surface area contributed by atoms with E-state index in [1.807, 2.05) is 0 Å². The standard InChI is InChI=1S/C45H40O24/c46-18-7-28-36(24(52)11-26(64-28)16-1-3-20(48)22(50)5-16)30(9-18)66-44-42(60)40(58)38(56)32(68-44)14-62-34(54)13-35(55)63-15-33-39(57)41(59)43(61)45(69-33)67-31-10-19(47)8-29-37(31)25(53)12-27(65-29)17-2-4-21(49)23(51)6-17/h1-12,32-33,38-51,56-61H,13-15H2/t32-,33-,38-,39-,40+,41+,42-,43-,44-,45-/m1/s1. The van der Waals surface area contributed by atoms with Gasteiger partial charge in [-0.25, -0.2) is 0 Å². The zero-order valence-corrected chi connectivity index (χ0v) is 35.1. The van der Waals surface area contributed by atoms with E-state index in [9.17, 15) is 80.5 Å². The third kappa shape index (κ3) is 9.85. The smallest absolute Gasteiger partial charge is 0.317 e. The number of ether oxygens (including phenoxy) is 6. The highest BCUT2D eigenvalue weighted by atomic mass is 16.7. The molecule has 0 spiro atoms. The Morgan fingerprint density at radius 2 is 0.870 bits per heavy atom. The van der Waals surface area contributed by atoms with E-state index in [2.05, 4.69) is 0 Å². The quantitative estimate of drug-likeness (QED) is 0.0437. The minimum absolute atomic E-state index is 0.0825. The van der Waals surface area contributed by atoms with Crippen molar-refractivity contribution in [2.75, 3.05) is 13.2 Å². The zero-order chi connectivity index (χ0) is 49.6. The average molecular weight is 965 g/mol. The van der Waals surface area contributed by atoms with Crippen LogP contribution in [0.1, 0.15) is 6.42 Å². The number of rotatable bonds is 12. The van der Waals surface area contributed by atoms with Crippen molar-refractivity contribution in [3.63, 3.8) is 0 Å². The minimum Gasteiger partial charge on any atom is -0.508 e. The summed E-state index contributed by atoms with van der Waals surface area (Å²) < 4.78 is 44.1. The van der Waals surface area contributed by atoms with Crippen molar-refractivity contribution in [2.24, 2.45) is 0 Å². The number of hydrogen-bond acceptors (Lipinski definition) is 24. The molecule has 24 heteroatoms. The van der Waals surface area contributed by atoms with E-state index in [-0.39, 0.29) is 44.6 Å². The first-order valence-corrected chi connectivity index (χ1v) is 20.5. The molecule has 0 saturated carbocycles. The second-order valence-electron chi connectivity index (χ2n) is 15.8. The van der Waals surface area contributed by atoms with Gasteiger partial charge in [0.1, 0.15) is 125 Å². The summed E-state index contributed by atoms with van der Waals surface area (Å²) in [7, 11) is 0. The Bertz CT molecular complexity index is 2850. The molecule has 2 saturated heterocycles. The van der Waals surface area contributed by atoms with Gasteiger partial charge in [-0.05, 0) is 36.4 Å². The Hall–Kier alpha value is -7.68. The van der Waals surface area contributed by atoms with E-state index in [4.69, 9.17) is 37.3 Å². The molecule has 0 amide bonds. The highest BCUT2D eigenvalue weighted by molar-refractivity contribution is 5.91. The Morgan fingerprint density at radius 1 is 0.478 bits per heavy atom. The monoisotopic (exact) mass is 964 g/mol. The number of aliphatic hydroxyl groups is 6. The van der Waals surface area contributed by atoms with Crippen LogP contribution < -0.4 is 20.3 Å². The molecule has 2 aliphatic heterocycles. The molecule has 364 valence electrons. The second kappa shape index (κ2) is 19.1. The third-order valence-corrected chi connectivity index (χ3v) is 11.0. The third-order valence-electron chi connectivity index (χ3n) is 11.0. The lowest BCUT2D eigenvalue weighted by Gasteiger charge is -2.40. The molecule has 0 unspecified atom stereocenters. The summed E-state index contributed by atoms with van der Waals surface area (Å²) in [6.07, 6.45) is -20.0. The fraction of sp³-hybridized carbons (Fsp3) is 0.289. The molecule has 2 fully saturated rings. The first-order chi connectivity index (χ1) is 32.8. The van der Waals surface area contributed by atoms with Crippen LogP contribution in [0.4, 0.5) is 0 Å². The van der Waals surface area contributed by atoms with Crippen LogP contribution in [-0.2, 0) is 28.5 Å². The number of hydrogen-bond donors (Lipinski definition) is 12. The van der Waals surface area contributed by atoms with Crippen molar-refractivity contribution in [2.45, 2.75) is 67.8 Å². The van der Waals surface area contributed by atoms with Gasteiger partial charge in [-0.15, -0.1) is 0 Å². The molecule has 0 radical (unpaired) electrons. The van der Waals surface area contributed by atoms with Crippen LogP contribution in [0, 0.1) is 0 Å². The summed E-state index contributed by atoms with van der Waals surface area (Å²) in [5.74, 6) is -6.41. The van der Waals surface area contributed by atoms with Gasteiger partial charge in [0.05, 0.1) is 0 Å². The van der Waals surface area contributed by atoms with Crippen LogP contribution in [0.3, 0.4) is 0 Å². The molecule has 2 aliphatic rings. The lowest BCUT2D eigenvalue weighted by atomic mass is 9.99.